The Bertz CT molecular complexity index is 1420. The summed E-state index contributed by atoms with van der Waals surface area (Å²) in [6, 6.07) is 7.95. The van der Waals surface area contributed by atoms with Gasteiger partial charge in [0, 0.05) is 24.4 Å². The molecule has 4 aromatic rings. The Morgan fingerprint density at radius 3 is 2.74 bits per heavy atom. The maximum absolute atomic E-state index is 13.4. The first-order valence-corrected chi connectivity index (χ1v) is 9.58. The molecule has 1 atom stereocenters. The molecule has 0 unspecified atom stereocenters. The Labute approximate surface area is 177 Å². The van der Waals surface area contributed by atoms with Gasteiger partial charge in [-0.15, -0.1) is 0 Å². The van der Waals surface area contributed by atoms with Crippen LogP contribution >= 0.6 is 0 Å². The van der Waals surface area contributed by atoms with Gasteiger partial charge in [-0.25, -0.2) is 4.98 Å². The van der Waals surface area contributed by atoms with E-state index < -0.39 is 12.1 Å². The molecule has 0 spiro atoms. The van der Waals surface area contributed by atoms with E-state index in [0.29, 0.717) is 33.4 Å². The molecule has 3 heterocycles. The molecule has 0 fully saturated rings. The minimum atomic E-state index is -0.764. The number of nitrogens with zero attached hydrogens (tertiary/aromatic N) is 4. The molecule has 0 saturated carbocycles. The molecule has 31 heavy (non-hydrogen) atoms. The number of aromatic nitrogens is 3. The van der Waals surface area contributed by atoms with Gasteiger partial charge in [-0.05, 0) is 50.6 Å². The Hall–Kier alpha value is -3.99. The third-order valence-electron chi connectivity index (χ3n) is 5.03. The molecule has 0 aliphatic rings. The van der Waals surface area contributed by atoms with Gasteiger partial charge in [-0.3, -0.25) is 9.48 Å². The van der Waals surface area contributed by atoms with Crippen molar-refractivity contribution in [2.45, 2.75) is 26.9 Å². The van der Waals surface area contributed by atoms with Crippen LogP contribution in [0, 0.1) is 31.1 Å². The third kappa shape index (κ3) is 3.66. The number of hydrogen-bond acceptors (Lipinski definition) is 6. The number of nitriles is 1. The number of benzene rings is 1. The van der Waals surface area contributed by atoms with E-state index in [0.717, 1.165) is 11.6 Å². The molecule has 0 amide bonds. The molecule has 7 nitrogen and oxygen atoms in total. The molecule has 156 valence electrons. The molecule has 0 bridgehead atoms. The lowest BCUT2D eigenvalue weighted by Gasteiger charge is -2.18. The van der Waals surface area contributed by atoms with Crippen LogP contribution < -0.4 is 10.2 Å². The first kappa shape index (κ1) is 20.3. The van der Waals surface area contributed by atoms with Crippen LogP contribution in [0.2, 0.25) is 0 Å². The van der Waals surface area contributed by atoms with E-state index in [2.05, 4.69) is 10.1 Å². The molecular formula is C23H19FN4O3. The van der Waals surface area contributed by atoms with Crippen LogP contribution in [0.3, 0.4) is 0 Å². The molecule has 0 N–H and O–H groups in total. The first-order valence-electron chi connectivity index (χ1n) is 9.58. The zero-order valence-corrected chi connectivity index (χ0v) is 17.4. The standard InChI is InChI=1S/C23H19FN4O3/c1-12-7-16(14(3)30-19-5-6-20(24)27-18(19)9-25)23-17(8-12)21(29)13(2)22(31-23)15-10-26-28(4)11-15/h5-8,10-11,14H,1-4H3/t14-/m1/s1. The highest BCUT2D eigenvalue weighted by Gasteiger charge is 2.21. The highest BCUT2D eigenvalue weighted by atomic mass is 19.1. The number of hydrogen-bond donors (Lipinski definition) is 0. The molecule has 4 rings (SSSR count). The predicted molar refractivity (Wildman–Crippen MR) is 112 cm³/mol. The topological polar surface area (TPSA) is 93.9 Å². The van der Waals surface area contributed by atoms with Gasteiger partial charge in [-0.1, -0.05) is 0 Å². The van der Waals surface area contributed by atoms with Gasteiger partial charge in [0.05, 0.1) is 17.1 Å². The van der Waals surface area contributed by atoms with Gasteiger partial charge >= 0.3 is 0 Å². The van der Waals surface area contributed by atoms with Crippen molar-refractivity contribution in [1.82, 2.24) is 14.8 Å². The number of ether oxygens (including phenoxy) is 1. The zero-order valence-electron chi connectivity index (χ0n) is 17.4. The smallest absolute Gasteiger partial charge is 0.214 e. The quantitative estimate of drug-likeness (QED) is 0.457. The van der Waals surface area contributed by atoms with Crippen LogP contribution in [-0.4, -0.2) is 14.8 Å². The number of fused-ring (bicyclic) bond motifs is 1. The summed E-state index contributed by atoms with van der Waals surface area (Å²) in [5.74, 6) is -0.183. The molecule has 8 heteroatoms. The largest absolute Gasteiger partial charge is 0.483 e. The van der Waals surface area contributed by atoms with E-state index >= 15 is 0 Å². The van der Waals surface area contributed by atoms with Crippen molar-refractivity contribution in [2.75, 3.05) is 0 Å². The summed E-state index contributed by atoms with van der Waals surface area (Å²) in [4.78, 5) is 16.7. The molecule has 0 radical (unpaired) electrons. The molecule has 0 saturated heterocycles. The first-order chi connectivity index (χ1) is 14.8. The van der Waals surface area contributed by atoms with Crippen LogP contribution in [0.1, 0.15) is 35.4 Å². The Balaban J connectivity index is 1.89. The molecule has 3 aromatic heterocycles. The second-order valence-corrected chi connectivity index (χ2v) is 7.37. The lowest BCUT2D eigenvalue weighted by molar-refractivity contribution is 0.224. The Kier molecular flexibility index (Phi) is 5.03. The number of pyridine rings is 1. The van der Waals surface area contributed by atoms with Gasteiger partial charge in [0.1, 0.15) is 23.5 Å². The Morgan fingerprint density at radius 1 is 1.29 bits per heavy atom. The average molecular weight is 418 g/mol. The second kappa shape index (κ2) is 7.69. The van der Waals surface area contributed by atoms with Crippen molar-refractivity contribution in [2.24, 2.45) is 7.05 Å². The van der Waals surface area contributed by atoms with Crippen LogP contribution in [0.15, 0.2) is 45.9 Å². The van der Waals surface area contributed by atoms with Crippen molar-refractivity contribution >= 4 is 11.0 Å². The van der Waals surface area contributed by atoms with E-state index in [1.54, 1.807) is 44.0 Å². The molecule has 0 aliphatic carbocycles. The van der Waals surface area contributed by atoms with E-state index in [4.69, 9.17) is 9.15 Å². The SMILES string of the molecule is Cc1cc([C@@H](C)Oc2ccc(F)nc2C#N)c2oc(-c3cnn(C)c3)c(C)c(=O)c2c1. The van der Waals surface area contributed by atoms with E-state index in [-0.39, 0.29) is 16.9 Å². The lowest BCUT2D eigenvalue weighted by Crippen LogP contribution is -2.11. The fourth-order valence-corrected chi connectivity index (χ4v) is 3.54. The van der Waals surface area contributed by atoms with Crippen LogP contribution in [-0.2, 0) is 7.05 Å². The summed E-state index contributed by atoms with van der Waals surface area (Å²) in [7, 11) is 1.78. The van der Waals surface area contributed by atoms with Crippen molar-refractivity contribution in [3.05, 3.63) is 75.2 Å². The molecular weight excluding hydrogens is 399 g/mol. The van der Waals surface area contributed by atoms with Crippen molar-refractivity contribution in [1.29, 1.82) is 5.26 Å². The Morgan fingerprint density at radius 2 is 2.06 bits per heavy atom. The maximum atomic E-state index is 13.4. The van der Waals surface area contributed by atoms with Gasteiger partial charge in [-0.2, -0.15) is 14.8 Å². The second-order valence-electron chi connectivity index (χ2n) is 7.37. The van der Waals surface area contributed by atoms with Gasteiger partial charge in [0.25, 0.3) is 0 Å². The van der Waals surface area contributed by atoms with Crippen LogP contribution in [0.4, 0.5) is 4.39 Å². The van der Waals surface area contributed by atoms with E-state index in [9.17, 15) is 14.4 Å². The highest BCUT2D eigenvalue weighted by Crippen LogP contribution is 2.33. The molecule has 0 aliphatic heterocycles. The van der Waals surface area contributed by atoms with Crippen molar-refractivity contribution < 1.29 is 13.5 Å². The van der Waals surface area contributed by atoms with E-state index in [1.165, 1.54) is 6.07 Å². The van der Waals surface area contributed by atoms with Crippen LogP contribution in [0.25, 0.3) is 22.3 Å². The summed E-state index contributed by atoms with van der Waals surface area (Å²) in [6.45, 7) is 5.36. The molecule has 1 aromatic carbocycles. The summed E-state index contributed by atoms with van der Waals surface area (Å²) in [5, 5.41) is 13.8. The van der Waals surface area contributed by atoms with Gasteiger partial charge in [0.15, 0.2) is 16.9 Å². The highest BCUT2D eigenvalue weighted by molar-refractivity contribution is 5.84. The number of aryl methyl sites for hydroxylation is 2. The van der Waals surface area contributed by atoms with Crippen molar-refractivity contribution in [3.8, 4) is 23.1 Å². The lowest BCUT2D eigenvalue weighted by atomic mass is 10.0. The monoisotopic (exact) mass is 418 g/mol. The van der Waals surface area contributed by atoms with Crippen molar-refractivity contribution in [3.63, 3.8) is 0 Å². The maximum Gasteiger partial charge on any atom is 0.214 e. The summed E-state index contributed by atoms with van der Waals surface area (Å²) < 4.78 is 27.2. The number of halogens is 1. The average Bonchev–Trinajstić information content (AvgIpc) is 3.17. The fourth-order valence-electron chi connectivity index (χ4n) is 3.54. The fraction of sp³-hybridized carbons (Fsp3) is 0.217. The van der Waals surface area contributed by atoms with E-state index in [1.807, 2.05) is 19.1 Å². The predicted octanol–water partition coefficient (Wildman–Crippen LogP) is 4.36. The minimum absolute atomic E-state index is 0.140. The normalized spacial score (nSPS) is 12.0. The summed E-state index contributed by atoms with van der Waals surface area (Å²) in [5.41, 5.74) is 2.76. The third-order valence-corrected chi connectivity index (χ3v) is 5.03. The van der Waals surface area contributed by atoms with Crippen LogP contribution in [0.5, 0.6) is 5.75 Å². The minimum Gasteiger partial charge on any atom is -0.483 e. The van der Waals surface area contributed by atoms with Gasteiger partial charge in [0.2, 0.25) is 5.95 Å². The number of rotatable bonds is 4. The zero-order chi connectivity index (χ0) is 22.3. The van der Waals surface area contributed by atoms with Gasteiger partial charge < -0.3 is 9.15 Å². The summed E-state index contributed by atoms with van der Waals surface area (Å²) in [6.07, 6.45) is 2.80. The summed E-state index contributed by atoms with van der Waals surface area (Å²) >= 11 is 0.